The van der Waals surface area contributed by atoms with Crippen LogP contribution in [0.5, 0.6) is 0 Å². The molecule has 5 heteroatoms. The van der Waals surface area contributed by atoms with E-state index in [1.807, 2.05) is 18.2 Å². The molecule has 1 amide bonds. The second-order valence-corrected chi connectivity index (χ2v) is 4.62. The molecule has 0 spiro atoms. The maximum absolute atomic E-state index is 13.4. The van der Waals surface area contributed by atoms with E-state index in [0.717, 1.165) is 5.69 Å². The first-order valence-corrected chi connectivity index (χ1v) is 6.86. The highest BCUT2D eigenvalue weighted by Gasteiger charge is 2.04. The molecule has 0 aliphatic carbocycles. The van der Waals surface area contributed by atoms with Crippen molar-refractivity contribution >= 4 is 5.91 Å². The summed E-state index contributed by atoms with van der Waals surface area (Å²) in [6.07, 6.45) is 2.08. The first-order chi connectivity index (χ1) is 10.3. The van der Waals surface area contributed by atoms with Crippen molar-refractivity contribution in [2.45, 2.75) is 19.5 Å². The molecule has 110 valence electrons. The van der Waals surface area contributed by atoms with Crippen LogP contribution in [0.25, 0.3) is 0 Å². The largest absolute Gasteiger partial charge is 0.352 e. The molecule has 0 unspecified atom stereocenters. The van der Waals surface area contributed by atoms with Gasteiger partial charge in [-0.1, -0.05) is 24.3 Å². The number of halogens is 1. The summed E-state index contributed by atoms with van der Waals surface area (Å²) in [5.74, 6) is -0.405. The molecule has 21 heavy (non-hydrogen) atoms. The highest BCUT2D eigenvalue weighted by Crippen LogP contribution is 2.05. The molecule has 1 heterocycles. The van der Waals surface area contributed by atoms with Crippen LogP contribution in [0.3, 0.4) is 0 Å². The molecule has 0 aliphatic heterocycles. The second-order valence-electron chi connectivity index (χ2n) is 4.62. The van der Waals surface area contributed by atoms with E-state index >= 15 is 0 Å². The lowest BCUT2D eigenvalue weighted by atomic mass is 10.2. The Labute approximate surface area is 123 Å². The van der Waals surface area contributed by atoms with E-state index in [9.17, 15) is 9.18 Å². The van der Waals surface area contributed by atoms with E-state index in [2.05, 4.69) is 15.6 Å². The third-order valence-electron chi connectivity index (χ3n) is 2.99. The summed E-state index contributed by atoms with van der Waals surface area (Å²) in [6, 6.07) is 12.1. The Bertz CT molecular complexity index is 575. The standard InChI is InChI=1S/C16H18FN3O/c17-15-7-2-1-5-13(15)11-20-16(21)8-10-18-12-14-6-3-4-9-19-14/h1-7,9,18H,8,10-12H2,(H,20,21). The van der Waals surface area contributed by atoms with Crippen molar-refractivity contribution in [1.82, 2.24) is 15.6 Å². The fraction of sp³-hybridized carbons (Fsp3) is 0.250. The minimum absolute atomic E-state index is 0.105. The molecule has 4 nitrogen and oxygen atoms in total. The number of pyridine rings is 1. The molecule has 1 aromatic carbocycles. The van der Waals surface area contributed by atoms with Crippen molar-refractivity contribution in [2.24, 2.45) is 0 Å². The van der Waals surface area contributed by atoms with Crippen molar-refractivity contribution in [3.8, 4) is 0 Å². The topological polar surface area (TPSA) is 54.0 Å². The van der Waals surface area contributed by atoms with Gasteiger partial charge in [0.1, 0.15) is 5.82 Å². The summed E-state index contributed by atoms with van der Waals surface area (Å²) in [7, 11) is 0. The second kappa shape index (κ2) is 8.11. The maximum Gasteiger partial charge on any atom is 0.221 e. The van der Waals surface area contributed by atoms with Gasteiger partial charge in [-0.05, 0) is 18.2 Å². The van der Waals surface area contributed by atoms with Gasteiger partial charge in [0.25, 0.3) is 0 Å². The fourth-order valence-corrected chi connectivity index (χ4v) is 1.85. The van der Waals surface area contributed by atoms with Gasteiger partial charge < -0.3 is 10.6 Å². The van der Waals surface area contributed by atoms with Crippen molar-refractivity contribution in [3.05, 3.63) is 65.7 Å². The van der Waals surface area contributed by atoms with Crippen LogP contribution >= 0.6 is 0 Å². The smallest absolute Gasteiger partial charge is 0.221 e. The highest BCUT2D eigenvalue weighted by atomic mass is 19.1. The Morgan fingerprint density at radius 2 is 1.90 bits per heavy atom. The van der Waals surface area contributed by atoms with Gasteiger partial charge in [-0.2, -0.15) is 0 Å². The lowest BCUT2D eigenvalue weighted by Gasteiger charge is -2.07. The van der Waals surface area contributed by atoms with Crippen LogP contribution in [0.4, 0.5) is 4.39 Å². The molecule has 0 saturated heterocycles. The van der Waals surface area contributed by atoms with Crippen LogP contribution in [0.2, 0.25) is 0 Å². The van der Waals surface area contributed by atoms with E-state index in [1.54, 1.807) is 24.4 Å². The van der Waals surface area contributed by atoms with Gasteiger partial charge in [0, 0.05) is 37.8 Å². The molecule has 0 fully saturated rings. The number of hydrogen-bond acceptors (Lipinski definition) is 3. The average Bonchev–Trinajstić information content (AvgIpc) is 2.52. The van der Waals surface area contributed by atoms with E-state index in [-0.39, 0.29) is 18.3 Å². The monoisotopic (exact) mass is 287 g/mol. The number of carbonyl (C=O) groups is 1. The first kappa shape index (κ1) is 15.1. The van der Waals surface area contributed by atoms with Crippen molar-refractivity contribution in [1.29, 1.82) is 0 Å². The predicted octanol–water partition coefficient (Wildman–Crippen LogP) is 2.02. The average molecular weight is 287 g/mol. The molecule has 2 aromatic rings. The molecule has 2 N–H and O–H groups in total. The molecule has 1 aromatic heterocycles. The van der Waals surface area contributed by atoms with E-state index < -0.39 is 0 Å². The Kier molecular flexibility index (Phi) is 5.84. The van der Waals surface area contributed by atoms with E-state index in [1.165, 1.54) is 6.07 Å². The predicted molar refractivity (Wildman–Crippen MR) is 78.8 cm³/mol. The zero-order chi connectivity index (χ0) is 14.9. The van der Waals surface area contributed by atoms with Gasteiger partial charge in [-0.15, -0.1) is 0 Å². The number of amides is 1. The van der Waals surface area contributed by atoms with Crippen LogP contribution in [0.15, 0.2) is 48.7 Å². The number of benzene rings is 1. The Hall–Kier alpha value is -2.27. The highest BCUT2D eigenvalue weighted by molar-refractivity contribution is 5.76. The van der Waals surface area contributed by atoms with Gasteiger partial charge >= 0.3 is 0 Å². The summed E-state index contributed by atoms with van der Waals surface area (Å²) in [5.41, 5.74) is 1.43. The van der Waals surface area contributed by atoms with Gasteiger partial charge in [0.15, 0.2) is 0 Å². The minimum Gasteiger partial charge on any atom is -0.352 e. The molecular formula is C16H18FN3O. The number of aromatic nitrogens is 1. The minimum atomic E-state index is -0.300. The molecule has 0 bridgehead atoms. The summed E-state index contributed by atoms with van der Waals surface area (Å²) in [4.78, 5) is 15.8. The van der Waals surface area contributed by atoms with Crippen molar-refractivity contribution in [2.75, 3.05) is 6.54 Å². The zero-order valence-electron chi connectivity index (χ0n) is 11.7. The number of hydrogen-bond donors (Lipinski definition) is 2. The van der Waals surface area contributed by atoms with Crippen LogP contribution < -0.4 is 10.6 Å². The molecule has 0 atom stereocenters. The molecule has 0 saturated carbocycles. The van der Waals surface area contributed by atoms with Crippen molar-refractivity contribution < 1.29 is 9.18 Å². The van der Waals surface area contributed by atoms with Crippen LogP contribution in [0.1, 0.15) is 17.7 Å². The molecule has 0 radical (unpaired) electrons. The first-order valence-electron chi connectivity index (χ1n) is 6.86. The summed E-state index contributed by atoms with van der Waals surface area (Å²) in [6.45, 7) is 1.40. The number of nitrogens with one attached hydrogen (secondary N) is 2. The third-order valence-corrected chi connectivity index (χ3v) is 2.99. The van der Waals surface area contributed by atoms with Crippen LogP contribution in [-0.4, -0.2) is 17.4 Å². The summed E-state index contributed by atoms with van der Waals surface area (Å²) in [5, 5.41) is 5.85. The summed E-state index contributed by atoms with van der Waals surface area (Å²) >= 11 is 0. The van der Waals surface area contributed by atoms with Gasteiger partial charge in [-0.3, -0.25) is 9.78 Å². The Morgan fingerprint density at radius 1 is 1.10 bits per heavy atom. The molecule has 2 rings (SSSR count). The lowest BCUT2D eigenvalue weighted by Crippen LogP contribution is -2.27. The zero-order valence-corrected chi connectivity index (χ0v) is 11.7. The Balaban J connectivity index is 1.63. The van der Waals surface area contributed by atoms with Gasteiger partial charge in [0.05, 0.1) is 5.69 Å². The van der Waals surface area contributed by atoms with Gasteiger partial charge in [-0.25, -0.2) is 4.39 Å². The summed E-state index contributed by atoms with van der Waals surface area (Å²) < 4.78 is 13.4. The maximum atomic E-state index is 13.4. The molecular weight excluding hydrogens is 269 g/mol. The SMILES string of the molecule is O=C(CCNCc1ccccn1)NCc1ccccc1F. The lowest BCUT2D eigenvalue weighted by molar-refractivity contribution is -0.121. The normalized spacial score (nSPS) is 10.3. The van der Waals surface area contributed by atoms with E-state index in [0.29, 0.717) is 25.1 Å². The quantitative estimate of drug-likeness (QED) is 0.766. The fourth-order valence-electron chi connectivity index (χ4n) is 1.85. The third kappa shape index (κ3) is 5.31. The van der Waals surface area contributed by atoms with E-state index in [4.69, 9.17) is 0 Å². The van der Waals surface area contributed by atoms with Crippen molar-refractivity contribution in [3.63, 3.8) is 0 Å². The Morgan fingerprint density at radius 3 is 2.67 bits per heavy atom. The molecule has 0 aliphatic rings. The number of carbonyl (C=O) groups excluding carboxylic acids is 1. The van der Waals surface area contributed by atoms with Gasteiger partial charge in [0.2, 0.25) is 5.91 Å². The van der Waals surface area contributed by atoms with Crippen LogP contribution in [-0.2, 0) is 17.9 Å². The number of rotatable bonds is 7. The van der Waals surface area contributed by atoms with Crippen LogP contribution in [0, 0.1) is 5.82 Å². The number of nitrogens with zero attached hydrogens (tertiary/aromatic N) is 1.